The number of anilines is 1. The third-order valence-electron chi connectivity index (χ3n) is 4.28. The lowest BCUT2D eigenvalue weighted by molar-refractivity contribution is -0.115. The summed E-state index contributed by atoms with van der Waals surface area (Å²) in [5.74, 6) is 1.42. The molecule has 1 aromatic carbocycles. The average Bonchev–Trinajstić information content (AvgIpc) is 3.38. The number of hydrogen-bond donors (Lipinski definition) is 1. The molecule has 0 spiro atoms. The van der Waals surface area contributed by atoms with Crippen molar-refractivity contribution in [2.45, 2.75) is 20.3 Å². The molecule has 0 atom stereocenters. The molecule has 0 aliphatic rings. The van der Waals surface area contributed by atoms with Gasteiger partial charge in [-0.1, -0.05) is 18.2 Å². The van der Waals surface area contributed by atoms with Gasteiger partial charge in [0, 0.05) is 6.07 Å². The highest BCUT2D eigenvalue weighted by Crippen LogP contribution is 2.20. The Hall–Kier alpha value is -3.81. The summed E-state index contributed by atoms with van der Waals surface area (Å²) in [7, 11) is 0. The lowest BCUT2D eigenvalue weighted by atomic mass is 10.0. The van der Waals surface area contributed by atoms with Gasteiger partial charge in [0.25, 0.3) is 0 Å². The van der Waals surface area contributed by atoms with Crippen LogP contribution in [0.25, 0.3) is 17.4 Å². The zero-order chi connectivity index (χ0) is 19.5. The van der Waals surface area contributed by atoms with Crippen molar-refractivity contribution in [2.24, 2.45) is 0 Å². The highest BCUT2D eigenvalue weighted by Gasteiger charge is 2.13. The second kappa shape index (κ2) is 7.43. The van der Waals surface area contributed by atoms with Crippen LogP contribution in [0, 0.1) is 13.8 Å². The van der Waals surface area contributed by atoms with Crippen LogP contribution in [-0.4, -0.2) is 30.9 Å². The summed E-state index contributed by atoms with van der Waals surface area (Å²) >= 11 is 0. The molecule has 0 unspecified atom stereocenters. The van der Waals surface area contributed by atoms with E-state index in [9.17, 15) is 4.79 Å². The Labute approximate surface area is 161 Å². The predicted molar refractivity (Wildman–Crippen MR) is 103 cm³/mol. The van der Waals surface area contributed by atoms with Crippen molar-refractivity contribution in [1.29, 1.82) is 0 Å². The minimum absolute atomic E-state index is 0.174. The molecule has 0 saturated heterocycles. The van der Waals surface area contributed by atoms with Crippen molar-refractivity contribution in [1.82, 2.24) is 25.0 Å². The van der Waals surface area contributed by atoms with E-state index >= 15 is 0 Å². The fraction of sp³-hybridized carbons (Fsp3) is 0.150. The fourth-order valence-corrected chi connectivity index (χ4v) is 2.74. The maximum Gasteiger partial charge on any atom is 0.229 e. The first-order chi connectivity index (χ1) is 13.6. The van der Waals surface area contributed by atoms with Crippen molar-refractivity contribution in [3.63, 3.8) is 0 Å². The van der Waals surface area contributed by atoms with Gasteiger partial charge in [0.05, 0.1) is 25.1 Å². The van der Waals surface area contributed by atoms with Crippen LogP contribution >= 0.6 is 0 Å². The Balaban J connectivity index is 1.61. The summed E-state index contributed by atoms with van der Waals surface area (Å²) in [5, 5.41) is 11.0. The van der Waals surface area contributed by atoms with E-state index in [0.717, 1.165) is 11.1 Å². The lowest BCUT2D eigenvalue weighted by Gasteiger charge is -2.09. The number of nitrogens with one attached hydrogen (secondary N) is 1. The van der Waals surface area contributed by atoms with Crippen LogP contribution in [0.2, 0.25) is 0 Å². The van der Waals surface area contributed by atoms with Crippen LogP contribution in [0.3, 0.4) is 0 Å². The summed E-state index contributed by atoms with van der Waals surface area (Å²) in [6.07, 6.45) is 4.88. The number of carbonyl (C=O) groups is 1. The van der Waals surface area contributed by atoms with Crippen molar-refractivity contribution >= 4 is 11.7 Å². The van der Waals surface area contributed by atoms with Crippen molar-refractivity contribution in [3.8, 4) is 17.4 Å². The number of aromatic nitrogens is 5. The molecule has 1 amide bonds. The quantitative estimate of drug-likeness (QED) is 0.576. The molecule has 140 valence electrons. The molecule has 0 radical (unpaired) electrons. The molecule has 3 aromatic heterocycles. The molecule has 8 nitrogen and oxygen atoms in total. The fourth-order valence-electron chi connectivity index (χ4n) is 2.74. The van der Waals surface area contributed by atoms with Gasteiger partial charge in [-0.2, -0.15) is 10.2 Å². The number of furan rings is 1. The molecule has 28 heavy (non-hydrogen) atoms. The normalized spacial score (nSPS) is 10.8. The van der Waals surface area contributed by atoms with Gasteiger partial charge in [0.15, 0.2) is 17.4 Å². The SMILES string of the molecule is Cc1ccc(CC(=O)Nc2cc(-n3nccn3)nc(-c3ccco3)n2)cc1C. The van der Waals surface area contributed by atoms with Gasteiger partial charge in [0.2, 0.25) is 5.91 Å². The Bertz CT molecular complexity index is 1050. The van der Waals surface area contributed by atoms with Gasteiger partial charge >= 0.3 is 0 Å². The van der Waals surface area contributed by atoms with Crippen LogP contribution < -0.4 is 5.32 Å². The third kappa shape index (κ3) is 3.80. The number of amides is 1. The second-order valence-corrected chi connectivity index (χ2v) is 6.37. The van der Waals surface area contributed by atoms with Gasteiger partial charge in [-0.3, -0.25) is 4.79 Å². The predicted octanol–water partition coefficient (Wildman–Crippen LogP) is 3.12. The number of aryl methyl sites for hydroxylation is 2. The van der Waals surface area contributed by atoms with Gasteiger partial charge in [-0.05, 0) is 42.7 Å². The van der Waals surface area contributed by atoms with E-state index < -0.39 is 0 Å². The van der Waals surface area contributed by atoms with Gasteiger partial charge in [-0.25, -0.2) is 9.97 Å². The highest BCUT2D eigenvalue weighted by molar-refractivity contribution is 5.91. The number of carbonyl (C=O) groups excluding carboxylic acids is 1. The molecule has 4 aromatic rings. The van der Waals surface area contributed by atoms with Crippen molar-refractivity contribution < 1.29 is 9.21 Å². The van der Waals surface area contributed by atoms with E-state index in [-0.39, 0.29) is 12.3 Å². The molecule has 0 fully saturated rings. The zero-order valence-electron chi connectivity index (χ0n) is 15.5. The van der Waals surface area contributed by atoms with E-state index in [4.69, 9.17) is 4.42 Å². The number of benzene rings is 1. The van der Waals surface area contributed by atoms with Crippen LogP contribution in [0.1, 0.15) is 16.7 Å². The summed E-state index contributed by atoms with van der Waals surface area (Å²) in [6.45, 7) is 4.07. The lowest BCUT2D eigenvalue weighted by Crippen LogP contribution is -2.17. The third-order valence-corrected chi connectivity index (χ3v) is 4.28. The van der Waals surface area contributed by atoms with E-state index in [1.165, 1.54) is 16.6 Å². The first kappa shape index (κ1) is 17.6. The van der Waals surface area contributed by atoms with E-state index in [1.807, 2.05) is 32.0 Å². The number of nitrogens with zero attached hydrogens (tertiary/aromatic N) is 5. The summed E-state index contributed by atoms with van der Waals surface area (Å²) in [5.41, 5.74) is 3.29. The monoisotopic (exact) mass is 374 g/mol. The Morgan fingerprint density at radius 2 is 1.89 bits per heavy atom. The first-order valence-electron chi connectivity index (χ1n) is 8.74. The van der Waals surface area contributed by atoms with Crippen LogP contribution in [0.15, 0.2) is 59.5 Å². The van der Waals surface area contributed by atoms with Crippen LogP contribution in [-0.2, 0) is 11.2 Å². The molecule has 3 heterocycles. The first-order valence-corrected chi connectivity index (χ1v) is 8.74. The largest absolute Gasteiger partial charge is 0.461 e. The van der Waals surface area contributed by atoms with E-state index in [1.54, 1.807) is 30.6 Å². The van der Waals surface area contributed by atoms with Crippen LogP contribution in [0.5, 0.6) is 0 Å². The molecule has 0 aliphatic heterocycles. The Morgan fingerprint density at radius 1 is 1.07 bits per heavy atom. The molecule has 0 aliphatic carbocycles. The maximum absolute atomic E-state index is 12.5. The van der Waals surface area contributed by atoms with E-state index in [0.29, 0.717) is 23.2 Å². The van der Waals surface area contributed by atoms with Gasteiger partial charge in [0.1, 0.15) is 5.82 Å². The smallest absolute Gasteiger partial charge is 0.229 e. The van der Waals surface area contributed by atoms with Crippen molar-refractivity contribution in [2.75, 3.05) is 5.32 Å². The standard InChI is InChI=1S/C20H18N6O2/c1-13-5-6-15(10-14(13)2)11-19(27)23-17-12-18(26-21-7-8-22-26)25-20(24-17)16-4-3-9-28-16/h3-10,12H,11H2,1-2H3,(H,23,24,25,27). The number of rotatable bonds is 5. The average molecular weight is 374 g/mol. The molecule has 8 heteroatoms. The molecule has 4 rings (SSSR count). The number of hydrogen-bond acceptors (Lipinski definition) is 6. The molecule has 0 bridgehead atoms. The summed E-state index contributed by atoms with van der Waals surface area (Å²) < 4.78 is 5.38. The van der Waals surface area contributed by atoms with Gasteiger partial charge < -0.3 is 9.73 Å². The molecular weight excluding hydrogens is 356 g/mol. The van der Waals surface area contributed by atoms with Crippen LogP contribution in [0.4, 0.5) is 5.82 Å². The Kier molecular flexibility index (Phi) is 4.67. The van der Waals surface area contributed by atoms with Crippen molar-refractivity contribution in [3.05, 3.63) is 71.7 Å². The summed E-state index contributed by atoms with van der Waals surface area (Å²) in [4.78, 5) is 22.7. The molecular formula is C20H18N6O2. The Morgan fingerprint density at radius 3 is 2.61 bits per heavy atom. The molecule has 0 saturated carbocycles. The minimum Gasteiger partial charge on any atom is -0.461 e. The minimum atomic E-state index is -0.174. The highest BCUT2D eigenvalue weighted by atomic mass is 16.3. The van der Waals surface area contributed by atoms with Gasteiger partial charge in [-0.15, -0.1) is 4.80 Å². The molecule has 1 N–H and O–H groups in total. The maximum atomic E-state index is 12.5. The van der Waals surface area contributed by atoms with E-state index in [2.05, 4.69) is 25.5 Å². The summed E-state index contributed by atoms with van der Waals surface area (Å²) in [6, 6.07) is 11.1. The topological polar surface area (TPSA) is 98.7 Å². The second-order valence-electron chi connectivity index (χ2n) is 6.37. The zero-order valence-corrected chi connectivity index (χ0v) is 15.5.